The Bertz CT molecular complexity index is 579. The lowest BCUT2D eigenvalue weighted by atomic mass is 9.94. The fraction of sp³-hybridized carbons (Fsp3) is 0.978. The number of hydrogen-bond acceptors (Lipinski definition) is 2. The Morgan fingerprint density at radius 2 is 0.653 bits per heavy atom. The van der Waals surface area contributed by atoms with Gasteiger partial charge in [-0.2, -0.15) is 0 Å². The van der Waals surface area contributed by atoms with Crippen molar-refractivity contribution in [1.82, 2.24) is 0 Å². The second-order valence-electron chi connectivity index (χ2n) is 15.8. The van der Waals surface area contributed by atoms with Crippen LogP contribution in [-0.2, 0) is 9.47 Å². The summed E-state index contributed by atoms with van der Waals surface area (Å²) < 4.78 is 12.1. The van der Waals surface area contributed by atoms with Crippen LogP contribution in [0.2, 0.25) is 0 Å². The first-order chi connectivity index (χ1) is 24.3. The second kappa shape index (κ2) is 45.6. The molecule has 0 rings (SSSR count). The molecule has 0 heterocycles. The van der Waals surface area contributed by atoms with E-state index in [0.717, 1.165) is 45.2 Å². The molecule has 0 saturated heterocycles. The number of hydrogen-bond donors (Lipinski definition) is 0. The van der Waals surface area contributed by atoms with Crippen molar-refractivity contribution in [3.63, 3.8) is 0 Å². The van der Waals surface area contributed by atoms with E-state index in [0.29, 0.717) is 0 Å². The lowest BCUT2D eigenvalue weighted by Crippen LogP contribution is -2.13. The van der Waals surface area contributed by atoms with E-state index in [1.165, 1.54) is 237 Å². The highest BCUT2D eigenvalue weighted by Crippen LogP contribution is 2.21. The van der Waals surface area contributed by atoms with Crippen LogP contribution in [0.15, 0.2) is 0 Å². The average molecular weight is 694 g/mol. The Balaban J connectivity index is 3.66. The summed E-state index contributed by atoms with van der Waals surface area (Å²) in [7, 11) is 0. The van der Waals surface area contributed by atoms with Crippen LogP contribution in [0.3, 0.4) is 0 Å². The molecule has 0 spiro atoms. The minimum absolute atomic E-state index is 0.752. The maximum Gasteiger partial charge on any atom is 0.281 e. The van der Waals surface area contributed by atoms with Crippen molar-refractivity contribution in [3.05, 3.63) is 0 Å². The normalized spacial score (nSPS) is 12.2. The molecule has 1 atom stereocenters. The Kier molecular flexibility index (Phi) is 45.2. The molecule has 49 heavy (non-hydrogen) atoms. The lowest BCUT2D eigenvalue weighted by Gasteiger charge is -2.17. The summed E-state index contributed by atoms with van der Waals surface area (Å²) in [6.07, 6.45) is 53.8. The maximum absolute atomic E-state index is 8.70. The maximum atomic E-state index is 8.70. The van der Waals surface area contributed by atoms with Crippen molar-refractivity contribution in [2.75, 3.05) is 26.4 Å². The first-order valence-electron chi connectivity index (χ1n) is 23.0. The number of ether oxygens (including phenoxy) is 2. The first kappa shape index (κ1) is 48.6. The van der Waals surface area contributed by atoms with Gasteiger partial charge >= 0.3 is 0 Å². The molecule has 0 bridgehead atoms. The average Bonchev–Trinajstić information content (AvgIpc) is 3.11. The van der Waals surface area contributed by atoms with Crippen LogP contribution in [0.1, 0.15) is 258 Å². The van der Waals surface area contributed by atoms with Gasteiger partial charge in [-0.05, 0) is 31.6 Å². The van der Waals surface area contributed by atoms with E-state index in [1.807, 2.05) is 0 Å². The SMILES string of the molecule is CCCCCCCCCCCCC(CCCCCCCCCC)COCCOCCCCCCCCCCCCCCCCCCCC=[OH+]. The van der Waals surface area contributed by atoms with Crippen molar-refractivity contribution in [2.45, 2.75) is 258 Å². The Morgan fingerprint density at radius 1 is 0.347 bits per heavy atom. The third-order valence-electron chi connectivity index (χ3n) is 10.8. The highest BCUT2D eigenvalue weighted by Gasteiger charge is 2.09. The molecule has 0 aliphatic carbocycles. The predicted molar refractivity (Wildman–Crippen MR) is 220 cm³/mol. The summed E-state index contributed by atoms with van der Waals surface area (Å²) in [4.78, 5) is 8.70. The molecule has 0 fully saturated rings. The molecule has 0 aromatic rings. The van der Waals surface area contributed by atoms with Crippen LogP contribution in [-0.4, -0.2) is 37.5 Å². The van der Waals surface area contributed by atoms with E-state index in [4.69, 9.17) is 14.3 Å². The van der Waals surface area contributed by atoms with Gasteiger partial charge in [0.15, 0.2) is 0 Å². The molecular weight excluding hydrogens is 601 g/mol. The minimum atomic E-state index is 0.752. The van der Waals surface area contributed by atoms with Crippen LogP contribution >= 0.6 is 0 Å². The molecule has 0 aliphatic heterocycles. The fourth-order valence-corrected chi connectivity index (χ4v) is 7.36. The summed E-state index contributed by atoms with van der Waals surface area (Å²) in [6.45, 7) is 8.02. The zero-order chi connectivity index (χ0) is 35.4. The van der Waals surface area contributed by atoms with E-state index in [-0.39, 0.29) is 0 Å². The zero-order valence-electron chi connectivity index (χ0n) is 34.1. The smallest absolute Gasteiger partial charge is 0.281 e. The van der Waals surface area contributed by atoms with Gasteiger partial charge in [-0.25, -0.2) is 0 Å². The zero-order valence-corrected chi connectivity index (χ0v) is 34.1. The van der Waals surface area contributed by atoms with Crippen molar-refractivity contribution in [1.29, 1.82) is 0 Å². The van der Waals surface area contributed by atoms with Crippen molar-refractivity contribution < 1.29 is 14.3 Å². The standard InChI is InChI=1S/C46H92O3/c1-3-5-7-9-11-13-24-28-32-36-40-46(39-35-31-27-12-10-8-6-4-2)45-49-44-43-48-42-38-34-30-26-23-21-19-17-15-14-16-18-20-22-25-29-33-37-41-47/h41,46H,3-40,42-45H2,1-2H3/p+1. The fourth-order valence-electron chi connectivity index (χ4n) is 7.36. The molecule has 0 saturated carbocycles. The van der Waals surface area contributed by atoms with Gasteiger partial charge in [-0.15, -0.1) is 0 Å². The molecule has 3 nitrogen and oxygen atoms in total. The monoisotopic (exact) mass is 694 g/mol. The molecule has 0 aromatic carbocycles. The Labute approximate surface area is 310 Å². The largest absolute Gasteiger partial charge is 0.379 e. The van der Waals surface area contributed by atoms with Gasteiger partial charge in [0.25, 0.3) is 6.29 Å². The lowest BCUT2D eigenvalue weighted by molar-refractivity contribution is 0.0290. The van der Waals surface area contributed by atoms with Crippen LogP contribution in [0.4, 0.5) is 0 Å². The summed E-state index contributed by atoms with van der Waals surface area (Å²) in [5, 5.41) is 0. The van der Waals surface area contributed by atoms with E-state index >= 15 is 0 Å². The summed E-state index contributed by atoms with van der Waals surface area (Å²) in [5.41, 5.74) is 0. The number of carbonyl (C=O) groups excluding carboxylic acids is 1. The van der Waals surface area contributed by atoms with Gasteiger partial charge in [0.1, 0.15) is 0 Å². The van der Waals surface area contributed by atoms with Crippen LogP contribution in [0.5, 0.6) is 0 Å². The van der Waals surface area contributed by atoms with Crippen molar-refractivity contribution >= 4 is 6.29 Å². The number of unbranched alkanes of at least 4 members (excludes halogenated alkanes) is 33. The molecular formula is C46H93O3+. The van der Waals surface area contributed by atoms with Crippen molar-refractivity contribution in [2.24, 2.45) is 5.92 Å². The predicted octanol–water partition coefficient (Wildman–Crippen LogP) is 15.7. The third-order valence-corrected chi connectivity index (χ3v) is 10.8. The molecule has 0 amide bonds. The van der Waals surface area contributed by atoms with Gasteiger partial charge < -0.3 is 9.47 Å². The molecule has 294 valence electrons. The topological polar surface area (TPSA) is 39.9 Å². The van der Waals surface area contributed by atoms with Gasteiger partial charge in [0.05, 0.1) is 19.6 Å². The van der Waals surface area contributed by atoms with E-state index in [2.05, 4.69) is 13.8 Å². The van der Waals surface area contributed by atoms with Gasteiger partial charge in [-0.1, -0.05) is 226 Å². The first-order valence-corrected chi connectivity index (χ1v) is 23.0. The van der Waals surface area contributed by atoms with Crippen LogP contribution in [0, 0.1) is 5.92 Å². The summed E-state index contributed by atoms with van der Waals surface area (Å²) in [6, 6.07) is 0. The number of aldehydes is 1. The summed E-state index contributed by atoms with van der Waals surface area (Å²) >= 11 is 0. The Hall–Kier alpha value is -0.410. The number of rotatable bonds is 45. The van der Waals surface area contributed by atoms with E-state index < -0.39 is 0 Å². The Morgan fingerprint density at radius 3 is 1.02 bits per heavy atom. The van der Waals surface area contributed by atoms with E-state index in [1.54, 1.807) is 0 Å². The highest BCUT2D eigenvalue weighted by atomic mass is 16.5. The van der Waals surface area contributed by atoms with Crippen molar-refractivity contribution in [3.8, 4) is 0 Å². The van der Waals surface area contributed by atoms with Crippen LogP contribution < -0.4 is 0 Å². The molecule has 0 radical (unpaired) electrons. The van der Waals surface area contributed by atoms with Gasteiger partial charge in [0.2, 0.25) is 0 Å². The third kappa shape index (κ3) is 43.7. The van der Waals surface area contributed by atoms with Gasteiger partial charge in [0, 0.05) is 13.2 Å². The van der Waals surface area contributed by atoms with Crippen LogP contribution in [0.25, 0.3) is 0 Å². The van der Waals surface area contributed by atoms with Gasteiger partial charge in [-0.3, -0.25) is 4.79 Å². The summed E-state index contributed by atoms with van der Waals surface area (Å²) in [5.74, 6) is 0.752. The second-order valence-corrected chi connectivity index (χ2v) is 15.8. The highest BCUT2D eigenvalue weighted by molar-refractivity contribution is 5.50. The molecule has 1 N–H and O–H groups in total. The molecule has 0 aromatic heterocycles. The molecule has 0 aliphatic rings. The minimum Gasteiger partial charge on any atom is -0.379 e. The van der Waals surface area contributed by atoms with E-state index in [9.17, 15) is 0 Å². The molecule has 1 unspecified atom stereocenters. The molecule has 3 heteroatoms. The quantitative estimate of drug-likeness (QED) is 0.0362.